The van der Waals surface area contributed by atoms with Gasteiger partial charge < -0.3 is 9.13 Å². The van der Waals surface area contributed by atoms with Crippen molar-refractivity contribution in [2.45, 2.75) is 0 Å². The van der Waals surface area contributed by atoms with Gasteiger partial charge in [-0.15, -0.1) is 11.3 Å². The first kappa shape index (κ1) is 28.4. The number of hydrogen-bond acceptors (Lipinski definition) is 1. The lowest BCUT2D eigenvalue weighted by Crippen LogP contribution is -1.94. The van der Waals surface area contributed by atoms with Crippen molar-refractivity contribution in [2.75, 3.05) is 0 Å². The summed E-state index contributed by atoms with van der Waals surface area (Å²) in [6.07, 6.45) is 0. The third-order valence-corrected chi connectivity index (χ3v) is 11.7. The van der Waals surface area contributed by atoms with Gasteiger partial charge in [-0.3, -0.25) is 0 Å². The van der Waals surface area contributed by atoms with Crippen LogP contribution in [0.2, 0.25) is 0 Å². The van der Waals surface area contributed by atoms with Crippen LogP contribution in [0.1, 0.15) is 0 Å². The van der Waals surface area contributed by atoms with Crippen LogP contribution in [-0.2, 0) is 0 Å². The number of nitrogens with zero attached hydrogens (tertiary/aromatic N) is 2. The van der Waals surface area contributed by atoms with Crippen LogP contribution >= 0.6 is 11.3 Å². The lowest BCUT2D eigenvalue weighted by atomic mass is 9.97. The molecule has 0 aliphatic rings. The molecule has 11 aromatic rings. The molecule has 238 valence electrons. The molecule has 0 aliphatic heterocycles. The van der Waals surface area contributed by atoms with Gasteiger partial charge in [-0.2, -0.15) is 0 Å². The maximum absolute atomic E-state index is 2.41. The third kappa shape index (κ3) is 4.35. The number of para-hydroxylation sites is 4. The van der Waals surface area contributed by atoms with Crippen LogP contribution in [-0.4, -0.2) is 9.13 Å². The highest BCUT2D eigenvalue weighted by molar-refractivity contribution is 7.25. The number of fused-ring (bicyclic) bond motifs is 9. The molecule has 0 atom stereocenters. The predicted octanol–water partition coefficient (Wildman–Crippen LogP) is 13.6. The van der Waals surface area contributed by atoms with Crippen LogP contribution in [0.25, 0.3) is 97.4 Å². The minimum absolute atomic E-state index is 1.17. The molecule has 0 saturated carbocycles. The Morgan fingerprint density at radius 3 is 1.24 bits per heavy atom. The second kappa shape index (κ2) is 11.0. The van der Waals surface area contributed by atoms with Crippen LogP contribution in [0.15, 0.2) is 182 Å². The van der Waals surface area contributed by atoms with Gasteiger partial charge in [0.1, 0.15) is 0 Å². The van der Waals surface area contributed by atoms with Crippen molar-refractivity contribution in [1.82, 2.24) is 9.13 Å². The Morgan fingerprint density at radius 1 is 0.275 bits per heavy atom. The molecule has 8 aromatic carbocycles. The van der Waals surface area contributed by atoms with E-state index in [1.807, 2.05) is 11.3 Å². The summed E-state index contributed by atoms with van der Waals surface area (Å²) in [6.45, 7) is 0. The normalized spacial score (nSPS) is 11.9. The van der Waals surface area contributed by atoms with E-state index in [1.165, 1.54) is 97.4 Å². The topological polar surface area (TPSA) is 9.86 Å². The molecule has 51 heavy (non-hydrogen) atoms. The van der Waals surface area contributed by atoms with E-state index in [1.54, 1.807) is 0 Å². The summed E-state index contributed by atoms with van der Waals surface area (Å²) in [4.78, 5) is 0. The number of rotatable bonds is 4. The van der Waals surface area contributed by atoms with Crippen LogP contribution in [0, 0.1) is 0 Å². The first-order chi connectivity index (χ1) is 25.3. The summed E-state index contributed by atoms with van der Waals surface area (Å²) in [5.41, 5.74) is 12.1. The van der Waals surface area contributed by atoms with Crippen molar-refractivity contribution < 1.29 is 0 Å². The summed E-state index contributed by atoms with van der Waals surface area (Å²) in [7, 11) is 0. The van der Waals surface area contributed by atoms with Gasteiger partial charge in [0.15, 0.2) is 0 Å². The van der Waals surface area contributed by atoms with Gasteiger partial charge in [0.2, 0.25) is 0 Å². The fraction of sp³-hybridized carbons (Fsp3) is 0. The van der Waals surface area contributed by atoms with E-state index in [0.29, 0.717) is 0 Å². The summed E-state index contributed by atoms with van der Waals surface area (Å²) in [5, 5.41) is 7.72. The van der Waals surface area contributed by atoms with E-state index in [0.717, 1.165) is 0 Å². The smallest absolute Gasteiger partial charge is 0.0541 e. The number of hydrogen-bond donors (Lipinski definition) is 0. The van der Waals surface area contributed by atoms with Crippen molar-refractivity contribution in [3.63, 3.8) is 0 Å². The fourth-order valence-electron chi connectivity index (χ4n) is 8.19. The first-order valence-corrected chi connectivity index (χ1v) is 18.2. The second-order valence-electron chi connectivity index (χ2n) is 13.4. The molecular formula is C48H30N2S. The molecule has 0 amide bonds. The van der Waals surface area contributed by atoms with Gasteiger partial charge in [-0.25, -0.2) is 0 Å². The van der Waals surface area contributed by atoms with Gasteiger partial charge in [0, 0.05) is 53.1 Å². The molecule has 0 saturated heterocycles. The van der Waals surface area contributed by atoms with Crippen LogP contribution in [0.4, 0.5) is 0 Å². The van der Waals surface area contributed by atoms with Crippen molar-refractivity contribution >= 4 is 75.1 Å². The lowest BCUT2D eigenvalue weighted by molar-refractivity contribution is 1.18. The average Bonchev–Trinajstić information content (AvgIpc) is 3.85. The molecule has 0 spiro atoms. The summed E-state index contributed by atoms with van der Waals surface area (Å²) < 4.78 is 7.42. The Morgan fingerprint density at radius 2 is 0.686 bits per heavy atom. The zero-order valence-electron chi connectivity index (χ0n) is 27.6. The zero-order chi connectivity index (χ0) is 33.5. The van der Waals surface area contributed by atoms with Crippen molar-refractivity contribution in [1.29, 1.82) is 0 Å². The molecule has 2 nitrogen and oxygen atoms in total. The Bertz CT molecular complexity index is 3050. The summed E-state index contributed by atoms with van der Waals surface area (Å²) >= 11 is 1.87. The quantitative estimate of drug-likeness (QED) is 0.177. The van der Waals surface area contributed by atoms with Crippen LogP contribution in [0.3, 0.4) is 0 Å². The van der Waals surface area contributed by atoms with E-state index in [9.17, 15) is 0 Å². The van der Waals surface area contributed by atoms with Gasteiger partial charge in [-0.1, -0.05) is 109 Å². The highest BCUT2D eigenvalue weighted by atomic mass is 32.1. The summed E-state index contributed by atoms with van der Waals surface area (Å²) in [5.74, 6) is 0. The molecule has 0 radical (unpaired) electrons. The first-order valence-electron chi connectivity index (χ1n) is 17.4. The maximum atomic E-state index is 2.41. The molecule has 3 heterocycles. The Kier molecular flexibility index (Phi) is 6.16. The molecule has 0 bridgehead atoms. The molecule has 0 N–H and O–H groups in total. The Balaban J connectivity index is 1.02. The van der Waals surface area contributed by atoms with Crippen molar-refractivity contribution in [2.24, 2.45) is 0 Å². The summed E-state index contributed by atoms with van der Waals surface area (Å²) in [6, 6.07) is 66.7. The molecule has 11 rings (SSSR count). The largest absolute Gasteiger partial charge is 0.309 e. The van der Waals surface area contributed by atoms with E-state index in [4.69, 9.17) is 0 Å². The zero-order valence-corrected chi connectivity index (χ0v) is 28.4. The van der Waals surface area contributed by atoms with Crippen LogP contribution < -0.4 is 0 Å². The molecule has 3 heteroatoms. The van der Waals surface area contributed by atoms with E-state index in [2.05, 4.69) is 191 Å². The van der Waals surface area contributed by atoms with Gasteiger partial charge in [-0.05, 0) is 95.1 Å². The SMILES string of the molecule is c1cc(-c2cccc(-n3c4ccccc4c4ccccc43)c2)cc(-c2ccc3sc4ccc(-n5c6ccccc6c6ccccc65)cc4c3c2)c1. The highest BCUT2D eigenvalue weighted by Crippen LogP contribution is 2.40. The van der Waals surface area contributed by atoms with Gasteiger partial charge >= 0.3 is 0 Å². The molecular weight excluding hydrogens is 637 g/mol. The Hall–Kier alpha value is -6.42. The number of aromatic nitrogens is 2. The van der Waals surface area contributed by atoms with Crippen molar-refractivity contribution in [3.8, 4) is 33.6 Å². The van der Waals surface area contributed by atoms with E-state index in [-0.39, 0.29) is 0 Å². The number of benzene rings is 8. The molecule has 0 unspecified atom stereocenters. The highest BCUT2D eigenvalue weighted by Gasteiger charge is 2.15. The lowest BCUT2D eigenvalue weighted by Gasteiger charge is -2.11. The third-order valence-electron chi connectivity index (χ3n) is 10.5. The van der Waals surface area contributed by atoms with Crippen molar-refractivity contribution in [3.05, 3.63) is 182 Å². The van der Waals surface area contributed by atoms with Gasteiger partial charge in [0.25, 0.3) is 0 Å². The van der Waals surface area contributed by atoms with E-state index >= 15 is 0 Å². The Labute approximate surface area is 298 Å². The minimum Gasteiger partial charge on any atom is -0.309 e. The monoisotopic (exact) mass is 666 g/mol. The molecule has 0 fully saturated rings. The minimum atomic E-state index is 1.17. The maximum Gasteiger partial charge on any atom is 0.0541 e. The number of thiophene rings is 1. The predicted molar refractivity (Wildman–Crippen MR) is 219 cm³/mol. The van der Waals surface area contributed by atoms with Gasteiger partial charge in [0.05, 0.1) is 22.1 Å². The van der Waals surface area contributed by atoms with Crippen LogP contribution in [0.5, 0.6) is 0 Å². The average molecular weight is 667 g/mol. The fourth-order valence-corrected chi connectivity index (χ4v) is 9.26. The molecule has 0 aliphatic carbocycles. The standard InChI is InChI=1S/C48H30N2S/c1-5-19-43-37(15-1)38-16-2-6-20-44(38)49(43)35-14-10-13-33(28-35)31-11-9-12-32(27-31)34-23-25-47-41(29-34)42-30-36(24-26-48(42)51-47)50-45-21-7-3-17-39(45)40-18-4-8-22-46(40)50/h1-30H. The molecule has 3 aromatic heterocycles. The van der Waals surface area contributed by atoms with E-state index < -0.39 is 0 Å². The second-order valence-corrected chi connectivity index (χ2v) is 14.4.